The van der Waals surface area contributed by atoms with Crippen molar-refractivity contribution in [2.24, 2.45) is 0 Å². The number of fused-ring (bicyclic) bond motifs is 1. The Labute approximate surface area is 181 Å². The minimum absolute atomic E-state index is 0.0194. The predicted octanol–water partition coefficient (Wildman–Crippen LogP) is 3.74. The third-order valence-electron chi connectivity index (χ3n) is 5.87. The van der Waals surface area contributed by atoms with Gasteiger partial charge in [0.2, 0.25) is 0 Å². The van der Waals surface area contributed by atoms with E-state index in [4.69, 9.17) is 4.74 Å². The van der Waals surface area contributed by atoms with E-state index in [1.54, 1.807) is 24.3 Å². The number of methoxy groups -OCH3 is 1. The van der Waals surface area contributed by atoms with Crippen LogP contribution in [0.5, 0.6) is 5.75 Å². The van der Waals surface area contributed by atoms with Crippen molar-refractivity contribution in [3.63, 3.8) is 0 Å². The van der Waals surface area contributed by atoms with E-state index in [2.05, 4.69) is 14.9 Å². The van der Waals surface area contributed by atoms with Gasteiger partial charge in [0.1, 0.15) is 10.6 Å². The lowest BCUT2D eigenvalue weighted by Gasteiger charge is -2.19. The van der Waals surface area contributed by atoms with Gasteiger partial charge in [-0.1, -0.05) is 12.1 Å². The van der Waals surface area contributed by atoms with Crippen LogP contribution in [0.25, 0.3) is 11.3 Å². The topological polar surface area (TPSA) is 101 Å². The molecule has 0 saturated heterocycles. The molecule has 31 heavy (non-hydrogen) atoms. The van der Waals surface area contributed by atoms with Crippen LogP contribution in [0, 0.1) is 13.8 Å². The molecule has 1 heterocycles. The number of benzene rings is 2. The molecule has 1 aliphatic rings. The van der Waals surface area contributed by atoms with Gasteiger partial charge in [-0.05, 0) is 80.5 Å². The summed E-state index contributed by atoms with van der Waals surface area (Å²) in [6.45, 7) is 3.80. The Bertz CT molecular complexity index is 1310. The van der Waals surface area contributed by atoms with Crippen LogP contribution < -0.4 is 15.0 Å². The first kappa shape index (κ1) is 21.1. The Balaban J connectivity index is 1.82. The Morgan fingerprint density at radius 2 is 1.81 bits per heavy atom. The van der Waals surface area contributed by atoms with Gasteiger partial charge in [0.15, 0.2) is 0 Å². The highest BCUT2D eigenvalue weighted by molar-refractivity contribution is 7.92. The summed E-state index contributed by atoms with van der Waals surface area (Å²) < 4.78 is 34.6. The summed E-state index contributed by atoms with van der Waals surface area (Å²) in [5.41, 5.74) is 5.07. The quantitative estimate of drug-likeness (QED) is 0.631. The van der Waals surface area contributed by atoms with Crippen LogP contribution in [-0.4, -0.2) is 25.7 Å². The van der Waals surface area contributed by atoms with Crippen LogP contribution in [0.4, 0.5) is 5.69 Å². The van der Waals surface area contributed by atoms with Crippen LogP contribution in [0.2, 0.25) is 0 Å². The van der Waals surface area contributed by atoms with Crippen LogP contribution in [0.15, 0.2) is 46.1 Å². The number of aryl methyl sites for hydroxylation is 1. The number of aromatic amines is 1. The smallest absolute Gasteiger partial charge is 0.267 e. The van der Waals surface area contributed by atoms with Crippen molar-refractivity contribution in [3.05, 3.63) is 69.0 Å². The molecule has 3 aromatic rings. The number of hydrogen-bond donors (Lipinski definition) is 2. The maximum Gasteiger partial charge on any atom is 0.267 e. The molecule has 1 aromatic heterocycles. The number of aromatic nitrogens is 2. The Hall–Kier alpha value is -3.13. The van der Waals surface area contributed by atoms with E-state index in [-0.39, 0.29) is 16.2 Å². The average Bonchev–Trinajstić information content (AvgIpc) is 2.77. The van der Waals surface area contributed by atoms with Gasteiger partial charge in [-0.3, -0.25) is 9.52 Å². The summed E-state index contributed by atoms with van der Waals surface area (Å²) >= 11 is 0. The van der Waals surface area contributed by atoms with Crippen LogP contribution in [0.1, 0.15) is 35.1 Å². The summed E-state index contributed by atoms with van der Waals surface area (Å²) in [4.78, 5) is 12.2. The molecule has 1 aliphatic carbocycles. The van der Waals surface area contributed by atoms with Crippen LogP contribution in [-0.2, 0) is 22.9 Å². The molecule has 2 N–H and O–H groups in total. The maximum absolute atomic E-state index is 13.3. The van der Waals surface area contributed by atoms with E-state index >= 15 is 0 Å². The van der Waals surface area contributed by atoms with Crippen molar-refractivity contribution in [3.8, 4) is 17.0 Å². The minimum atomic E-state index is -3.93. The predicted molar refractivity (Wildman–Crippen MR) is 120 cm³/mol. The molecule has 0 spiro atoms. The number of nitrogens with zero attached hydrogens (tertiary/aromatic N) is 1. The lowest BCUT2D eigenvalue weighted by Crippen LogP contribution is -2.21. The van der Waals surface area contributed by atoms with Crippen LogP contribution >= 0.6 is 0 Å². The van der Waals surface area contributed by atoms with Gasteiger partial charge < -0.3 is 4.74 Å². The highest BCUT2D eigenvalue weighted by atomic mass is 32.2. The molecule has 8 heteroatoms. The zero-order valence-electron chi connectivity index (χ0n) is 17.8. The Morgan fingerprint density at radius 3 is 2.55 bits per heavy atom. The molecule has 7 nitrogen and oxygen atoms in total. The molecule has 2 aromatic carbocycles. The van der Waals surface area contributed by atoms with Crippen LogP contribution in [0.3, 0.4) is 0 Å². The molecule has 0 amide bonds. The zero-order valence-corrected chi connectivity index (χ0v) is 18.6. The summed E-state index contributed by atoms with van der Waals surface area (Å²) in [7, 11) is -2.49. The number of hydrogen-bond acceptors (Lipinski definition) is 5. The van der Waals surface area contributed by atoms with Gasteiger partial charge in [-0.25, -0.2) is 13.5 Å². The van der Waals surface area contributed by atoms with E-state index in [9.17, 15) is 13.2 Å². The number of H-pyrrole nitrogens is 1. The number of ether oxygens (including phenoxy) is 1. The first-order valence-corrected chi connectivity index (χ1v) is 11.7. The highest BCUT2D eigenvalue weighted by Gasteiger charge is 2.24. The molecule has 0 fully saturated rings. The molecule has 0 unspecified atom stereocenters. The molecule has 0 radical (unpaired) electrons. The summed E-state index contributed by atoms with van der Waals surface area (Å²) in [6, 6.07) is 10.4. The highest BCUT2D eigenvalue weighted by Crippen LogP contribution is 2.34. The summed E-state index contributed by atoms with van der Waals surface area (Å²) in [5.74, 6) is 0.236. The van der Waals surface area contributed by atoms with Gasteiger partial charge in [0, 0.05) is 11.1 Å². The van der Waals surface area contributed by atoms with Gasteiger partial charge in [0.05, 0.1) is 18.5 Å². The van der Waals surface area contributed by atoms with Crippen molar-refractivity contribution < 1.29 is 13.2 Å². The molecule has 4 rings (SSSR count). The molecular formula is C23H25N3O4S. The van der Waals surface area contributed by atoms with Crippen molar-refractivity contribution >= 4 is 15.7 Å². The van der Waals surface area contributed by atoms with Crippen molar-refractivity contribution in [2.45, 2.75) is 44.4 Å². The number of rotatable bonds is 5. The van der Waals surface area contributed by atoms with Crippen molar-refractivity contribution in [1.29, 1.82) is 0 Å². The second-order valence-electron chi connectivity index (χ2n) is 7.78. The van der Waals surface area contributed by atoms with Gasteiger partial charge in [-0.15, -0.1) is 0 Å². The second kappa shape index (κ2) is 8.19. The number of anilines is 1. The van der Waals surface area contributed by atoms with E-state index < -0.39 is 10.0 Å². The number of nitrogens with one attached hydrogen (secondary N) is 2. The third kappa shape index (κ3) is 3.95. The molecular weight excluding hydrogens is 414 g/mol. The lowest BCUT2D eigenvalue weighted by atomic mass is 9.90. The first-order chi connectivity index (χ1) is 14.8. The largest absolute Gasteiger partial charge is 0.495 e. The maximum atomic E-state index is 13.3. The monoisotopic (exact) mass is 439 g/mol. The SMILES string of the molecule is COc1ccc(-c2n[nH]c(=O)c3c2CCCC3)cc1S(=O)(=O)Nc1cccc(C)c1C. The Kier molecular flexibility index (Phi) is 5.58. The van der Waals surface area contributed by atoms with E-state index in [0.29, 0.717) is 23.4 Å². The average molecular weight is 440 g/mol. The molecule has 0 bridgehead atoms. The molecule has 162 valence electrons. The minimum Gasteiger partial charge on any atom is -0.495 e. The normalized spacial score (nSPS) is 13.5. The van der Waals surface area contributed by atoms with E-state index in [0.717, 1.165) is 41.5 Å². The number of sulfonamides is 1. The Morgan fingerprint density at radius 1 is 1.06 bits per heavy atom. The van der Waals surface area contributed by atoms with E-state index in [1.165, 1.54) is 7.11 Å². The van der Waals surface area contributed by atoms with Gasteiger partial charge in [0.25, 0.3) is 15.6 Å². The molecule has 0 atom stereocenters. The van der Waals surface area contributed by atoms with Crippen molar-refractivity contribution in [1.82, 2.24) is 10.2 Å². The fourth-order valence-electron chi connectivity index (χ4n) is 3.99. The molecule has 0 saturated carbocycles. The fourth-order valence-corrected chi connectivity index (χ4v) is 5.31. The van der Waals surface area contributed by atoms with E-state index in [1.807, 2.05) is 26.0 Å². The zero-order chi connectivity index (χ0) is 22.2. The van der Waals surface area contributed by atoms with Gasteiger partial charge >= 0.3 is 0 Å². The lowest BCUT2D eigenvalue weighted by molar-refractivity contribution is 0.403. The summed E-state index contributed by atoms with van der Waals surface area (Å²) in [5, 5.41) is 6.82. The van der Waals surface area contributed by atoms with Crippen molar-refractivity contribution in [2.75, 3.05) is 11.8 Å². The standard InChI is InChI=1S/C23H25N3O4S/c1-14-7-6-10-19(15(14)2)26-31(28,29)21-13-16(11-12-20(21)30-3)22-17-8-4-5-9-18(17)23(27)25-24-22/h6-7,10-13,26H,4-5,8-9H2,1-3H3,(H,25,27). The second-order valence-corrected chi connectivity index (χ2v) is 9.43. The first-order valence-electron chi connectivity index (χ1n) is 10.2. The third-order valence-corrected chi connectivity index (χ3v) is 7.26. The summed E-state index contributed by atoms with van der Waals surface area (Å²) in [6.07, 6.45) is 3.38. The molecule has 0 aliphatic heterocycles. The fraction of sp³-hybridized carbons (Fsp3) is 0.304. The van der Waals surface area contributed by atoms with Gasteiger partial charge in [-0.2, -0.15) is 5.10 Å².